The van der Waals surface area contributed by atoms with E-state index in [1.165, 1.54) is 29.9 Å². The highest BCUT2D eigenvalue weighted by Crippen LogP contribution is 2.68. The third kappa shape index (κ3) is 7.36. The van der Waals surface area contributed by atoms with Crippen LogP contribution in [-0.2, 0) is 47.3 Å². The Hall–Kier alpha value is -6.22. The van der Waals surface area contributed by atoms with E-state index in [1.807, 2.05) is 10.9 Å². The third-order valence-electron chi connectivity index (χ3n) is 11.9. The molecule has 3 aliphatic rings. The van der Waals surface area contributed by atoms with E-state index in [0.29, 0.717) is 27.9 Å². The zero-order valence-electron chi connectivity index (χ0n) is 33.7. The molecular weight excluding hydrogens is 890 g/mol. The maximum atomic E-state index is 15.6. The van der Waals surface area contributed by atoms with E-state index in [4.69, 9.17) is 21.7 Å². The quantitative estimate of drug-likeness (QED) is 0.114. The summed E-state index contributed by atoms with van der Waals surface area (Å²) in [7, 11) is -2.44. The fraction of sp³-hybridized carbons (Fsp3) is 0.333. The normalized spacial score (nSPS) is 18.2. The molecule has 4 aromatic heterocycles. The Labute approximate surface area is 363 Å². The van der Waals surface area contributed by atoms with Crippen molar-refractivity contribution in [3.05, 3.63) is 116 Å². The molecule has 0 saturated heterocycles. The maximum Gasteiger partial charge on any atom is 0.293 e. The first kappa shape index (κ1) is 41.8. The number of fused-ring (bicyclic) bond motifs is 5. The number of nitrogens with one attached hydrogen (secondary N) is 2. The molecule has 10 rings (SSSR count). The van der Waals surface area contributed by atoms with Gasteiger partial charge in [0.2, 0.25) is 15.9 Å². The number of nitrogens with zero attached hydrogens (tertiary/aromatic N) is 8. The Morgan fingerprint density at radius 3 is 2.47 bits per heavy atom. The average molecular weight is 925 g/mol. The lowest BCUT2D eigenvalue weighted by Gasteiger charge is -2.24. The van der Waals surface area contributed by atoms with Gasteiger partial charge in [-0.2, -0.15) is 24.1 Å². The zero-order chi connectivity index (χ0) is 45.1. The van der Waals surface area contributed by atoms with Crippen LogP contribution in [0.5, 0.6) is 0 Å². The lowest BCUT2D eigenvalue weighted by Crippen LogP contribution is -2.38. The smallest absolute Gasteiger partial charge is 0.293 e. The minimum absolute atomic E-state index is 0.000444. The number of hydrogen-bond acceptors (Lipinski definition) is 8. The molecule has 64 heavy (non-hydrogen) atoms. The summed E-state index contributed by atoms with van der Waals surface area (Å²) in [6.07, 6.45) is 1.30. The van der Waals surface area contributed by atoms with Gasteiger partial charge in [0.15, 0.2) is 5.82 Å². The van der Waals surface area contributed by atoms with Crippen molar-refractivity contribution in [2.45, 2.75) is 63.1 Å². The van der Waals surface area contributed by atoms with Gasteiger partial charge in [0, 0.05) is 49.3 Å². The molecule has 332 valence electrons. The number of rotatable bonds is 13. The average Bonchev–Trinajstić information content (AvgIpc) is 4.05. The molecule has 3 aromatic carbocycles. The first-order valence-corrected chi connectivity index (χ1v) is 22.4. The Kier molecular flexibility index (Phi) is 9.74. The molecule has 0 radical (unpaired) electrons. The molecule has 0 aliphatic heterocycles. The van der Waals surface area contributed by atoms with Gasteiger partial charge in [-0.3, -0.25) is 32.9 Å². The van der Waals surface area contributed by atoms with Gasteiger partial charge in [-0.05, 0) is 79.1 Å². The number of carbonyl (C=O) groups excluding carboxylic acids is 1. The summed E-state index contributed by atoms with van der Waals surface area (Å²) in [6.45, 7) is -0.242. The summed E-state index contributed by atoms with van der Waals surface area (Å²) in [5.41, 5.74) is -1.25. The van der Waals surface area contributed by atoms with Crippen LogP contribution >= 0.6 is 11.6 Å². The first-order chi connectivity index (χ1) is 30.3. The van der Waals surface area contributed by atoms with Crippen molar-refractivity contribution in [2.75, 3.05) is 11.0 Å². The molecule has 2 fully saturated rings. The topological polar surface area (TPSA) is 164 Å². The maximum absolute atomic E-state index is 15.6. The Bertz CT molecular complexity index is 3250. The summed E-state index contributed by atoms with van der Waals surface area (Å²) in [5, 5.41) is 15.7. The number of benzene rings is 3. The predicted octanol–water partition coefficient (Wildman–Crippen LogP) is 7.29. The summed E-state index contributed by atoms with van der Waals surface area (Å²) >= 11 is 6.65. The number of halogens is 7. The molecule has 0 unspecified atom stereocenters. The highest BCUT2D eigenvalue weighted by atomic mass is 35.5. The number of hydrogen-bond donors (Lipinski definition) is 2. The summed E-state index contributed by atoms with van der Waals surface area (Å²) in [4.78, 5) is 34.2. The number of carbonyl (C=O) groups is 1. The first-order valence-electron chi connectivity index (χ1n) is 20.1. The van der Waals surface area contributed by atoms with Gasteiger partial charge in [-0.25, -0.2) is 31.0 Å². The van der Waals surface area contributed by atoms with Crippen molar-refractivity contribution in [1.82, 2.24) is 44.2 Å². The minimum Gasteiger partial charge on any atom is -0.344 e. The number of sulfonamides is 1. The Morgan fingerprint density at radius 2 is 1.77 bits per heavy atom. The van der Waals surface area contributed by atoms with Crippen LogP contribution in [0.15, 0.2) is 65.6 Å². The fourth-order valence-electron chi connectivity index (χ4n) is 8.92. The van der Waals surface area contributed by atoms with Crippen LogP contribution in [0, 0.1) is 23.5 Å². The molecule has 22 heteroatoms. The lowest BCUT2D eigenvalue weighted by molar-refractivity contribution is -0.123. The van der Waals surface area contributed by atoms with Crippen LogP contribution in [0.3, 0.4) is 0 Å². The number of alkyl halides is 4. The van der Waals surface area contributed by atoms with Gasteiger partial charge in [0.25, 0.3) is 17.9 Å². The predicted molar refractivity (Wildman–Crippen MR) is 222 cm³/mol. The van der Waals surface area contributed by atoms with Crippen molar-refractivity contribution in [1.29, 1.82) is 0 Å². The molecule has 1 amide bonds. The van der Waals surface area contributed by atoms with E-state index >= 15 is 13.6 Å². The van der Waals surface area contributed by atoms with E-state index in [1.54, 1.807) is 18.2 Å². The van der Waals surface area contributed by atoms with Crippen molar-refractivity contribution in [2.24, 2.45) is 18.9 Å². The molecule has 3 aliphatic carbocycles. The Morgan fingerprint density at radius 1 is 1.02 bits per heavy atom. The molecule has 0 bridgehead atoms. The molecule has 4 heterocycles. The number of aromatic nitrogens is 8. The monoisotopic (exact) mass is 924 g/mol. The fourth-order valence-corrected chi connectivity index (χ4v) is 9.66. The Balaban J connectivity index is 1.16. The SMILES string of the molecule is Cn1nc(NS(C)(=O)=O)c2c(Cl)ccc(-n3c([C@H](Cc4cc(F)cc(F)c4)NC(=O)Cn4nc(C(F)F)c5c4C(F)(F)[C@@H]4C[C@H]54)nc4cc(-c5ccn(CC6CC6)n5)ccc4c3=O)c21. The van der Waals surface area contributed by atoms with Gasteiger partial charge in [0.1, 0.15) is 35.4 Å². The third-order valence-corrected chi connectivity index (χ3v) is 12.8. The van der Waals surface area contributed by atoms with E-state index in [9.17, 15) is 30.8 Å². The van der Waals surface area contributed by atoms with Crippen LogP contribution in [0.25, 0.3) is 38.8 Å². The summed E-state index contributed by atoms with van der Waals surface area (Å²) in [5.74, 6) is -8.43. The molecule has 7 aromatic rings. The van der Waals surface area contributed by atoms with Crippen LogP contribution in [0.1, 0.15) is 66.0 Å². The van der Waals surface area contributed by atoms with Gasteiger partial charge >= 0.3 is 0 Å². The molecular formula is C42H35ClF6N10O4S. The second kappa shape index (κ2) is 14.9. The van der Waals surface area contributed by atoms with Gasteiger partial charge in [-0.1, -0.05) is 17.7 Å². The van der Waals surface area contributed by atoms with E-state index < -0.39 is 87.7 Å². The van der Waals surface area contributed by atoms with E-state index in [-0.39, 0.29) is 61.7 Å². The largest absolute Gasteiger partial charge is 0.344 e. The van der Waals surface area contributed by atoms with Crippen LogP contribution in [0.4, 0.5) is 32.2 Å². The van der Waals surface area contributed by atoms with Gasteiger partial charge in [0.05, 0.1) is 50.5 Å². The minimum atomic E-state index is -3.91. The van der Waals surface area contributed by atoms with Crippen molar-refractivity contribution >= 4 is 55.2 Å². The molecule has 3 atom stereocenters. The highest BCUT2D eigenvalue weighted by Gasteiger charge is 2.67. The molecule has 0 spiro atoms. The van der Waals surface area contributed by atoms with Gasteiger partial charge in [-0.15, -0.1) is 0 Å². The lowest BCUT2D eigenvalue weighted by atomic mass is 10.0. The second-order valence-electron chi connectivity index (χ2n) is 16.6. The van der Waals surface area contributed by atoms with Crippen LogP contribution < -0.4 is 15.6 Å². The molecule has 2 N–H and O–H groups in total. The zero-order valence-corrected chi connectivity index (χ0v) is 35.2. The molecule has 2 saturated carbocycles. The highest BCUT2D eigenvalue weighted by molar-refractivity contribution is 7.92. The van der Waals surface area contributed by atoms with Crippen LogP contribution in [-0.4, -0.2) is 59.5 Å². The standard InChI is InChI=1S/C42H35ClF6N10O4S/c1-56-36-31(8-7-27(43)34(36)39(54-56)55-64(2,62)63)59-40(51-29-14-21(5-6-24(29)41(59)61)28-9-10-57(52-28)17-19-3-4-19)30(13-20-11-22(44)15-23(45)12-20)50-32(60)18-58-37-33(35(53-58)38(46)47)25-16-26(25)42(37,48)49/h5-12,14-15,19,25-26,30,38H,3-4,13,16-18H2,1-2H3,(H,50,60)(H,54,55)/t25-,26+,30-/m0/s1. The van der Waals surface area contributed by atoms with Crippen molar-refractivity contribution < 1.29 is 39.6 Å². The van der Waals surface area contributed by atoms with Crippen LogP contribution in [0.2, 0.25) is 5.02 Å². The number of amides is 1. The summed E-state index contributed by atoms with van der Waals surface area (Å²) in [6, 6.07) is 10.6. The van der Waals surface area contributed by atoms with Gasteiger partial charge < -0.3 is 5.32 Å². The number of anilines is 1. The summed E-state index contributed by atoms with van der Waals surface area (Å²) < 4.78 is 121. The van der Waals surface area contributed by atoms with Crippen molar-refractivity contribution in [3.63, 3.8) is 0 Å². The molecule has 14 nitrogen and oxygen atoms in total. The number of aryl methyl sites for hydroxylation is 1. The van der Waals surface area contributed by atoms with Crippen molar-refractivity contribution in [3.8, 4) is 16.9 Å². The second-order valence-corrected chi connectivity index (χ2v) is 18.8. The van der Waals surface area contributed by atoms with E-state index in [0.717, 1.165) is 42.3 Å². The van der Waals surface area contributed by atoms with E-state index in [2.05, 4.69) is 20.2 Å².